The number of azo groups is 1. The third-order valence-electron chi connectivity index (χ3n) is 2.34. The van der Waals surface area contributed by atoms with Crippen molar-refractivity contribution < 1.29 is 24.7 Å². The van der Waals surface area contributed by atoms with Crippen LogP contribution in [0.4, 0.5) is 11.4 Å². The maximum Gasteiger partial charge on any atom is 0.335 e. The maximum atomic E-state index is 11.1. The maximum absolute atomic E-state index is 11.1. The SMILES string of the molecule is CC(=O)/C(N=Nc1ccc(C(=O)O)cc1[N+](=O)[O-])=C(\C)[O-]. The van der Waals surface area contributed by atoms with Crippen LogP contribution in [0.1, 0.15) is 24.2 Å². The van der Waals surface area contributed by atoms with E-state index in [-0.39, 0.29) is 11.3 Å². The smallest absolute Gasteiger partial charge is 0.335 e. The van der Waals surface area contributed by atoms with Crippen molar-refractivity contribution >= 4 is 23.1 Å². The number of carboxylic acid groups (broad SMARTS) is 1. The van der Waals surface area contributed by atoms with Gasteiger partial charge < -0.3 is 10.2 Å². The van der Waals surface area contributed by atoms with Crippen molar-refractivity contribution in [3.8, 4) is 0 Å². The lowest BCUT2D eigenvalue weighted by molar-refractivity contribution is -0.384. The molecule has 1 aromatic carbocycles. The molecule has 110 valence electrons. The van der Waals surface area contributed by atoms with E-state index in [1.54, 1.807) is 0 Å². The predicted octanol–water partition coefficient (Wildman–Crippen LogP) is 1.56. The molecule has 1 N–H and O–H groups in total. The lowest BCUT2D eigenvalue weighted by Gasteiger charge is -2.06. The van der Waals surface area contributed by atoms with Crippen molar-refractivity contribution in [2.75, 3.05) is 0 Å². The first kappa shape index (κ1) is 16.0. The molecule has 0 saturated heterocycles. The molecule has 0 amide bonds. The van der Waals surface area contributed by atoms with E-state index in [1.807, 2.05) is 0 Å². The Hall–Kier alpha value is -3.10. The summed E-state index contributed by atoms with van der Waals surface area (Å²) in [5, 5.41) is 37.7. The summed E-state index contributed by atoms with van der Waals surface area (Å²) in [5.74, 6) is -2.59. The first-order chi connectivity index (χ1) is 9.73. The van der Waals surface area contributed by atoms with E-state index in [0.29, 0.717) is 0 Å². The summed E-state index contributed by atoms with van der Waals surface area (Å²) < 4.78 is 0. The molecular formula is C12H10N3O6-. The molecule has 9 nitrogen and oxygen atoms in total. The molecular weight excluding hydrogens is 282 g/mol. The second-order valence-electron chi connectivity index (χ2n) is 3.93. The molecule has 21 heavy (non-hydrogen) atoms. The van der Waals surface area contributed by atoms with Crippen LogP contribution in [0, 0.1) is 10.1 Å². The second-order valence-corrected chi connectivity index (χ2v) is 3.93. The number of nitro groups is 1. The Bertz CT molecular complexity index is 674. The van der Waals surface area contributed by atoms with Gasteiger partial charge in [-0.3, -0.25) is 14.9 Å². The van der Waals surface area contributed by atoms with Crippen molar-refractivity contribution in [1.29, 1.82) is 0 Å². The fourth-order valence-electron chi connectivity index (χ4n) is 1.38. The average molecular weight is 292 g/mol. The van der Waals surface area contributed by atoms with Gasteiger partial charge in [0.2, 0.25) is 0 Å². The van der Waals surface area contributed by atoms with Crippen molar-refractivity contribution in [3.63, 3.8) is 0 Å². The number of hydrogen-bond acceptors (Lipinski definition) is 7. The summed E-state index contributed by atoms with van der Waals surface area (Å²) in [6.45, 7) is 2.22. The number of nitrogens with zero attached hydrogens (tertiary/aromatic N) is 3. The van der Waals surface area contributed by atoms with Gasteiger partial charge in [-0.05, 0) is 12.1 Å². The molecule has 0 bridgehead atoms. The van der Waals surface area contributed by atoms with Gasteiger partial charge in [0.15, 0.2) is 11.5 Å². The van der Waals surface area contributed by atoms with E-state index < -0.39 is 33.8 Å². The van der Waals surface area contributed by atoms with Crippen LogP contribution in [-0.4, -0.2) is 21.8 Å². The standard InChI is InChI=1S/C12H11N3O6/c1-6(16)11(7(2)17)14-13-9-4-3-8(12(18)19)5-10(9)15(20)21/h3-5,16H,1-2H3,(H,18,19)/p-1/b11-6-,14-13?. The minimum atomic E-state index is -1.33. The summed E-state index contributed by atoms with van der Waals surface area (Å²) in [5.41, 5.74) is -1.59. The quantitative estimate of drug-likeness (QED) is 0.286. The van der Waals surface area contributed by atoms with Crippen LogP contribution < -0.4 is 5.11 Å². The Morgan fingerprint density at radius 1 is 1.29 bits per heavy atom. The fourth-order valence-corrected chi connectivity index (χ4v) is 1.38. The van der Waals surface area contributed by atoms with Gasteiger partial charge in [-0.1, -0.05) is 6.92 Å². The molecule has 0 radical (unpaired) electrons. The highest BCUT2D eigenvalue weighted by Crippen LogP contribution is 2.29. The third-order valence-corrected chi connectivity index (χ3v) is 2.34. The number of nitro benzene ring substituents is 1. The molecule has 0 fully saturated rings. The van der Waals surface area contributed by atoms with Gasteiger partial charge in [-0.15, -0.1) is 16.0 Å². The van der Waals surface area contributed by atoms with Crippen LogP contribution in [0.2, 0.25) is 0 Å². The van der Waals surface area contributed by atoms with Crippen LogP contribution in [0.15, 0.2) is 39.9 Å². The summed E-state index contributed by atoms with van der Waals surface area (Å²) in [6, 6.07) is 2.99. The van der Waals surface area contributed by atoms with Crippen LogP contribution in [0.25, 0.3) is 0 Å². The van der Waals surface area contributed by atoms with Gasteiger partial charge in [0.25, 0.3) is 5.69 Å². The summed E-state index contributed by atoms with van der Waals surface area (Å²) in [6.07, 6.45) is 0. The van der Waals surface area contributed by atoms with Crippen LogP contribution in [-0.2, 0) is 4.79 Å². The number of hydrogen-bond donors (Lipinski definition) is 1. The number of allylic oxidation sites excluding steroid dienone is 2. The van der Waals surface area contributed by atoms with Crippen molar-refractivity contribution in [3.05, 3.63) is 45.3 Å². The highest BCUT2D eigenvalue weighted by atomic mass is 16.6. The Balaban J connectivity index is 3.32. The zero-order valence-electron chi connectivity index (χ0n) is 11.1. The minimum Gasteiger partial charge on any atom is -0.874 e. The number of carboxylic acids is 1. The number of Topliss-reactive ketones (excluding diaryl/α,β-unsaturated/α-hetero) is 1. The van der Waals surface area contributed by atoms with Crippen molar-refractivity contribution in [2.45, 2.75) is 13.8 Å². The van der Waals surface area contributed by atoms with E-state index in [1.165, 1.54) is 0 Å². The summed E-state index contributed by atoms with van der Waals surface area (Å²) in [7, 11) is 0. The largest absolute Gasteiger partial charge is 0.874 e. The van der Waals surface area contributed by atoms with E-state index >= 15 is 0 Å². The molecule has 0 heterocycles. The number of benzene rings is 1. The average Bonchev–Trinajstić information content (AvgIpc) is 2.37. The number of aromatic carboxylic acids is 1. The monoisotopic (exact) mass is 292 g/mol. The number of ketones is 1. The summed E-state index contributed by atoms with van der Waals surface area (Å²) >= 11 is 0. The molecule has 1 aromatic rings. The van der Waals surface area contributed by atoms with Crippen LogP contribution in [0.5, 0.6) is 0 Å². The second kappa shape index (κ2) is 6.37. The molecule has 0 aliphatic carbocycles. The fraction of sp³-hybridized carbons (Fsp3) is 0.167. The molecule has 0 spiro atoms. The zero-order valence-corrected chi connectivity index (χ0v) is 11.1. The van der Waals surface area contributed by atoms with Crippen molar-refractivity contribution in [2.24, 2.45) is 10.2 Å². The zero-order chi connectivity index (χ0) is 16.2. The predicted molar refractivity (Wildman–Crippen MR) is 68.0 cm³/mol. The Kier molecular flexibility index (Phi) is 4.84. The molecule has 0 unspecified atom stereocenters. The van der Waals surface area contributed by atoms with E-state index in [4.69, 9.17) is 5.11 Å². The van der Waals surface area contributed by atoms with Gasteiger partial charge in [-0.25, -0.2) is 4.79 Å². The Morgan fingerprint density at radius 3 is 2.33 bits per heavy atom. The van der Waals surface area contributed by atoms with Gasteiger partial charge >= 0.3 is 5.97 Å². The Labute approximate surface area is 118 Å². The van der Waals surface area contributed by atoms with E-state index in [9.17, 15) is 24.8 Å². The first-order valence-corrected chi connectivity index (χ1v) is 5.56. The third kappa shape index (κ3) is 3.93. The lowest BCUT2D eigenvalue weighted by Crippen LogP contribution is -2.07. The molecule has 0 atom stereocenters. The normalized spacial score (nSPS) is 12.1. The van der Waals surface area contributed by atoms with Gasteiger partial charge in [0.05, 0.1) is 10.5 Å². The molecule has 1 rings (SSSR count). The van der Waals surface area contributed by atoms with Gasteiger partial charge in [0.1, 0.15) is 5.70 Å². The lowest BCUT2D eigenvalue weighted by atomic mass is 10.2. The molecule has 0 aliphatic heterocycles. The molecule has 9 heteroatoms. The minimum absolute atomic E-state index is 0.259. The van der Waals surface area contributed by atoms with Crippen LogP contribution in [0.3, 0.4) is 0 Å². The Morgan fingerprint density at radius 2 is 1.90 bits per heavy atom. The number of rotatable bonds is 5. The molecule has 0 aromatic heterocycles. The van der Waals surface area contributed by atoms with Gasteiger partial charge in [0, 0.05) is 13.0 Å². The topological polar surface area (TPSA) is 145 Å². The van der Waals surface area contributed by atoms with E-state index in [0.717, 1.165) is 32.0 Å². The first-order valence-electron chi connectivity index (χ1n) is 5.56. The van der Waals surface area contributed by atoms with E-state index in [2.05, 4.69) is 10.2 Å². The molecule has 0 saturated carbocycles. The number of carbonyl (C=O) groups excluding carboxylic acids is 1. The summed E-state index contributed by atoms with van der Waals surface area (Å²) in [4.78, 5) is 32.0. The van der Waals surface area contributed by atoms with Crippen LogP contribution >= 0.6 is 0 Å². The highest BCUT2D eigenvalue weighted by Gasteiger charge is 2.17. The molecule has 0 aliphatic rings. The number of carbonyl (C=O) groups is 2. The highest BCUT2D eigenvalue weighted by molar-refractivity contribution is 5.93. The van der Waals surface area contributed by atoms with Crippen molar-refractivity contribution in [1.82, 2.24) is 0 Å². The van der Waals surface area contributed by atoms with Gasteiger partial charge in [-0.2, -0.15) is 0 Å².